The lowest BCUT2D eigenvalue weighted by molar-refractivity contribution is -0.155. The molecule has 1 aliphatic carbocycles. The van der Waals surface area contributed by atoms with Gasteiger partial charge in [0.15, 0.2) is 0 Å². The summed E-state index contributed by atoms with van der Waals surface area (Å²) in [6.07, 6.45) is 3.80. The standard InChI is InChI=1S/C15H17F3N2O2S/c1-23(21,22)20-6-4-10(5-7-20)13-9-19-14-8-11(15(16,17)18)2-3-12(13)14/h3-4,8-9,11,19H,2,5-7H2,1H3. The van der Waals surface area contributed by atoms with E-state index >= 15 is 0 Å². The normalized spacial score (nSPS) is 22.8. The van der Waals surface area contributed by atoms with Gasteiger partial charge in [-0.25, -0.2) is 8.42 Å². The molecule has 1 N–H and O–H groups in total. The summed E-state index contributed by atoms with van der Waals surface area (Å²) in [5.74, 6) is -1.46. The summed E-state index contributed by atoms with van der Waals surface area (Å²) in [5, 5.41) is 1.27. The Bertz CT molecular complexity index is 866. The van der Waals surface area contributed by atoms with Crippen molar-refractivity contribution in [3.8, 4) is 0 Å². The number of hydrogen-bond acceptors (Lipinski definition) is 2. The van der Waals surface area contributed by atoms with Crippen LogP contribution in [0.2, 0.25) is 0 Å². The van der Waals surface area contributed by atoms with Crippen molar-refractivity contribution in [1.29, 1.82) is 0 Å². The Morgan fingerprint density at radius 3 is 2.61 bits per heavy atom. The molecule has 0 amide bonds. The average Bonchev–Trinajstić information content (AvgIpc) is 2.88. The first-order chi connectivity index (χ1) is 10.7. The van der Waals surface area contributed by atoms with E-state index in [1.165, 1.54) is 16.6 Å². The van der Waals surface area contributed by atoms with Crippen LogP contribution in [0.3, 0.4) is 0 Å². The molecule has 1 atom stereocenters. The van der Waals surface area contributed by atoms with E-state index in [2.05, 4.69) is 4.98 Å². The van der Waals surface area contributed by atoms with Gasteiger partial charge in [-0.3, -0.25) is 0 Å². The number of fused-ring (bicyclic) bond motifs is 1. The minimum Gasteiger partial charge on any atom is -0.361 e. The van der Waals surface area contributed by atoms with Crippen LogP contribution < -0.4 is 10.6 Å². The maximum Gasteiger partial charge on any atom is 0.395 e. The van der Waals surface area contributed by atoms with E-state index in [1.807, 2.05) is 6.08 Å². The predicted octanol–water partition coefficient (Wildman–Crippen LogP) is 1.21. The van der Waals surface area contributed by atoms with E-state index in [-0.39, 0.29) is 6.42 Å². The van der Waals surface area contributed by atoms with E-state index in [0.717, 1.165) is 16.4 Å². The quantitative estimate of drug-likeness (QED) is 0.875. The topological polar surface area (TPSA) is 53.2 Å². The van der Waals surface area contributed by atoms with Crippen molar-refractivity contribution in [2.75, 3.05) is 19.3 Å². The first-order valence-electron chi connectivity index (χ1n) is 7.27. The number of aromatic nitrogens is 1. The van der Waals surface area contributed by atoms with Crippen LogP contribution in [-0.2, 0) is 10.0 Å². The molecule has 8 heteroatoms. The van der Waals surface area contributed by atoms with Crippen molar-refractivity contribution in [3.63, 3.8) is 0 Å². The number of H-pyrrole nitrogens is 1. The molecule has 4 nitrogen and oxygen atoms in total. The first kappa shape index (κ1) is 16.3. The molecule has 0 radical (unpaired) electrons. The number of alkyl halides is 3. The summed E-state index contributed by atoms with van der Waals surface area (Å²) in [6, 6.07) is 0. The lowest BCUT2D eigenvalue weighted by atomic mass is 9.95. The molecule has 1 aliphatic heterocycles. The first-order valence-corrected chi connectivity index (χ1v) is 9.12. The molecule has 0 bridgehead atoms. The predicted molar refractivity (Wildman–Crippen MR) is 82.1 cm³/mol. The third-order valence-corrected chi connectivity index (χ3v) is 5.57. The van der Waals surface area contributed by atoms with Crippen LogP contribution in [0.1, 0.15) is 18.4 Å². The van der Waals surface area contributed by atoms with Gasteiger partial charge in [0, 0.05) is 35.4 Å². The summed E-state index contributed by atoms with van der Waals surface area (Å²) in [5.41, 5.74) is 1.84. The Hall–Kier alpha value is -1.54. The number of sulfonamides is 1. The van der Waals surface area contributed by atoms with Gasteiger partial charge in [-0.2, -0.15) is 17.5 Å². The molecule has 0 saturated heterocycles. The van der Waals surface area contributed by atoms with E-state index in [1.54, 1.807) is 12.3 Å². The molecule has 23 heavy (non-hydrogen) atoms. The van der Waals surface area contributed by atoms with Crippen molar-refractivity contribution in [3.05, 3.63) is 28.4 Å². The third kappa shape index (κ3) is 3.23. The number of nitrogens with zero attached hydrogens (tertiary/aromatic N) is 1. The van der Waals surface area contributed by atoms with Crippen LogP contribution in [0.25, 0.3) is 17.7 Å². The Morgan fingerprint density at radius 1 is 1.30 bits per heavy atom. The summed E-state index contributed by atoms with van der Waals surface area (Å²) in [6.45, 7) is 0.683. The molecule has 2 aliphatic rings. The average molecular weight is 346 g/mol. The second-order valence-electron chi connectivity index (χ2n) is 5.88. The Morgan fingerprint density at radius 2 is 2.04 bits per heavy atom. The van der Waals surface area contributed by atoms with Crippen molar-refractivity contribution in [2.24, 2.45) is 5.92 Å². The zero-order valence-electron chi connectivity index (χ0n) is 12.5. The highest BCUT2D eigenvalue weighted by atomic mass is 32.2. The number of halogens is 3. The van der Waals surface area contributed by atoms with E-state index < -0.39 is 22.1 Å². The largest absolute Gasteiger partial charge is 0.395 e. The van der Waals surface area contributed by atoms with Crippen molar-refractivity contribution in [1.82, 2.24) is 9.29 Å². The molecule has 126 valence electrons. The lowest BCUT2D eigenvalue weighted by Crippen LogP contribution is -2.36. The fraction of sp³-hybridized carbons (Fsp3) is 0.467. The van der Waals surface area contributed by atoms with Crippen molar-refractivity contribution < 1.29 is 21.6 Å². The van der Waals surface area contributed by atoms with Gasteiger partial charge in [0.05, 0.1) is 12.2 Å². The van der Waals surface area contributed by atoms with Gasteiger partial charge < -0.3 is 4.98 Å². The number of hydrogen-bond donors (Lipinski definition) is 1. The molecule has 0 saturated carbocycles. The van der Waals surface area contributed by atoms with Gasteiger partial charge in [0.1, 0.15) is 0 Å². The lowest BCUT2D eigenvalue weighted by Gasteiger charge is -2.24. The maximum absolute atomic E-state index is 12.8. The Balaban J connectivity index is 1.91. The van der Waals surface area contributed by atoms with Gasteiger partial charge in [0.2, 0.25) is 10.0 Å². The summed E-state index contributed by atoms with van der Waals surface area (Å²) in [7, 11) is -3.22. The minimum absolute atomic E-state index is 0.0654. The Kier molecular flexibility index (Phi) is 3.92. The fourth-order valence-corrected chi connectivity index (χ4v) is 3.78. The van der Waals surface area contributed by atoms with Crippen LogP contribution in [-0.4, -0.2) is 43.2 Å². The second kappa shape index (κ2) is 5.52. The van der Waals surface area contributed by atoms with Crippen LogP contribution in [0.5, 0.6) is 0 Å². The van der Waals surface area contributed by atoms with Gasteiger partial charge >= 0.3 is 6.18 Å². The molecule has 0 spiro atoms. The molecule has 1 unspecified atom stereocenters. The molecule has 1 aromatic rings. The van der Waals surface area contributed by atoms with E-state index in [0.29, 0.717) is 24.9 Å². The number of aromatic amines is 1. The maximum atomic E-state index is 12.8. The fourth-order valence-electron chi connectivity index (χ4n) is 3.01. The third-order valence-electron chi connectivity index (χ3n) is 4.30. The van der Waals surface area contributed by atoms with Crippen LogP contribution >= 0.6 is 0 Å². The highest BCUT2D eigenvalue weighted by Gasteiger charge is 2.38. The molecule has 1 aromatic heterocycles. The van der Waals surface area contributed by atoms with Crippen molar-refractivity contribution in [2.45, 2.75) is 19.0 Å². The zero-order chi connectivity index (χ0) is 16.8. The highest BCUT2D eigenvalue weighted by molar-refractivity contribution is 7.88. The van der Waals surface area contributed by atoms with E-state index in [9.17, 15) is 21.6 Å². The van der Waals surface area contributed by atoms with Gasteiger partial charge in [-0.15, -0.1) is 0 Å². The number of nitrogens with one attached hydrogen (secondary N) is 1. The smallest absolute Gasteiger partial charge is 0.361 e. The molecule has 2 heterocycles. The summed E-state index contributed by atoms with van der Waals surface area (Å²) < 4.78 is 62.8. The zero-order valence-corrected chi connectivity index (χ0v) is 13.3. The van der Waals surface area contributed by atoms with Gasteiger partial charge in [-0.05, 0) is 24.5 Å². The molecule has 0 aromatic carbocycles. The van der Waals surface area contributed by atoms with E-state index in [4.69, 9.17) is 0 Å². The number of rotatable bonds is 2. The monoisotopic (exact) mass is 346 g/mol. The summed E-state index contributed by atoms with van der Waals surface area (Å²) >= 11 is 0. The molecule has 3 rings (SSSR count). The second-order valence-corrected chi connectivity index (χ2v) is 7.87. The molecule has 0 fully saturated rings. The van der Waals surface area contributed by atoms with Crippen LogP contribution in [0.4, 0.5) is 13.2 Å². The van der Waals surface area contributed by atoms with Crippen LogP contribution in [0, 0.1) is 5.92 Å². The van der Waals surface area contributed by atoms with Crippen LogP contribution in [0.15, 0.2) is 12.3 Å². The summed E-state index contributed by atoms with van der Waals surface area (Å²) in [4.78, 5) is 2.91. The molecular weight excluding hydrogens is 329 g/mol. The highest BCUT2D eigenvalue weighted by Crippen LogP contribution is 2.31. The SMILES string of the molecule is CS(=O)(=O)N1CC=C(c2c[nH]c3c2=CCC(C(F)(F)F)C=3)CC1. The van der Waals surface area contributed by atoms with Gasteiger partial charge in [0.25, 0.3) is 0 Å². The molecular formula is C15H17F3N2O2S. The van der Waals surface area contributed by atoms with Crippen molar-refractivity contribution >= 4 is 27.7 Å². The van der Waals surface area contributed by atoms with Gasteiger partial charge in [-0.1, -0.05) is 12.2 Å². The minimum atomic E-state index is -4.24. The Labute approximate surface area is 132 Å².